The molecule has 1 rings (SSSR count). The fourth-order valence-electron chi connectivity index (χ4n) is 2.61. The summed E-state index contributed by atoms with van der Waals surface area (Å²) in [5.74, 6) is -6.80. The van der Waals surface area contributed by atoms with Crippen LogP contribution in [0.15, 0.2) is 0 Å². The van der Waals surface area contributed by atoms with Gasteiger partial charge in [-0.2, -0.15) is 0 Å². The smallest absolute Gasteiger partial charge is 0.339 e. The maximum absolute atomic E-state index is 12.0. The van der Waals surface area contributed by atoms with Crippen LogP contribution in [0.4, 0.5) is 0 Å². The molecule has 9 nitrogen and oxygen atoms in total. The first-order valence-electron chi connectivity index (χ1n) is 8.43. The standard InChI is InChI=1S/C16H26O9/c17-12(18)10-15(21)11-13(19)25-16(22,23)8-6-4-2-1-3-5-7-9-24-14(15)20/h21-23H,1-11H2,(H,17,18). The van der Waals surface area contributed by atoms with Crippen molar-refractivity contribution in [3.8, 4) is 0 Å². The summed E-state index contributed by atoms with van der Waals surface area (Å²) in [6, 6.07) is 0. The van der Waals surface area contributed by atoms with E-state index in [4.69, 9.17) is 9.84 Å². The van der Waals surface area contributed by atoms with Gasteiger partial charge in [-0.25, -0.2) is 4.79 Å². The highest BCUT2D eigenvalue weighted by Gasteiger charge is 2.44. The summed E-state index contributed by atoms with van der Waals surface area (Å²) in [7, 11) is 0. The van der Waals surface area contributed by atoms with Gasteiger partial charge in [-0.05, 0) is 12.8 Å². The molecule has 25 heavy (non-hydrogen) atoms. The lowest BCUT2D eigenvalue weighted by atomic mass is 9.95. The van der Waals surface area contributed by atoms with E-state index in [1.807, 2.05) is 0 Å². The van der Waals surface area contributed by atoms with Crippen molar-refractivity contribution >= 4 is 17.9 Å². The Balaban J connectivity index is 2.84. The molecule has 0 bridgehead atoms. The molecule has 0 saturated carbocycles. The molecule has 1 aliphatic rings. The van der Waals surface area contributed by atoms with E-state index in [2.05, 4.69) is 4.74 Å². The van der Waals surface area contributed by atoms with Gasteiger partial charge in [0.2, 0.25) is 0 Å². The Hall–Kier alpha value is -1.71. The van der Waals surface area contributed by atoms with Crippen molar-refractivity contribution in [1.29, 1.82) is 0 Å². The molecule has 1 saturated heterocycles. The van der Waals surface area contributed by atoms with E-state index in [9.17, 15) is 29.7 Å². The number of hydrogen-bond acceptors (Lipinski definition) is 8. The van der Waals surface area contributed by atoms with Crippen molar-refractivity contribution in [2.24, 2.45) is 0 Å². The zero-order valence-electron chi connectivity index (χ0n) is 14.1. The molecule has 4 N–H and O–H groups in total. The molecule has 0 spiro atoms. The van der Waals surface area contributed by atoms with Crippen LogP contribution in [0.5, 0.6) is 0 Å². The first-order valence-corrected chi connectivity index (χ1v) is 8.43. The van der Waals surface area contributed by atoms with Gasteiger partial charge in [0.25, 0.3) is 0 Å². The number of carboxylic acids is 1. The summed E-state index contributed by atoms with van der Waals surface area (Å²) in [5, 5.41) is 38.4. The van der Waals surface area contributed by atoms with E-state index in [-0.39, 0.29) is 13.0 Å². The van der Waals surface area contributed by atoms with Crippen LogP contribution in [0.3, 0.4) is 0 Å². The summed E-state index contributed by atoms with van der Waals surface area (Å²) >= 11 is 0. The van der Waals surface area contributed by atoms with Crippen molar-refractivity contribution in [3.05, 3.63) is 0 Å². The number of carbonyl (C=O) groups is 3. The molecular weight excluding hydrogens is 336 g/mol. The van der Waals surface area contributed by atoms with E-state index >= 15 is 0 Å². The number of cyclic esters (lactones) is 2. The number of aliphatic carboxylic acids is 1. The van der Waals surface area contributed by atoms with Crippen LogP contribution in [0, 0.1) is 0 Å². The van der Waals surface area contributed by atoms with Crippen molar-refractivity contribution in [3.63, 3.8) is 0 Å². The molecule has 0 aliphatic carbocycles. The Morgan fingerprint density at radius 2 is 1.52 bits per heavy atom. The molecule has 0 amide bonds. The summed E-state index contributed by atoms with van der Waals surface area (Å²) < 4.78 is 9.35. The predicted octanol–water partition coefficient (Wildman–Crippen LogP) is 0.441. The third-order valence-corrected chi connectivity index (χ3v) is 3.92. The molecule has 0 aromatic heterocycles. The largest absolute Gasteiger partial charge is 0.481 e. The monoisotopic (exact) mass is 362 g/mol. The van der Waals surface area contributed by atoms with E-state index in [0.29, 0.717) is 12.8 Å². The molecule has 0 radical (unpaired) electrons. The first kappa shape index (κ1) is 21.3. The average molecular weight is 362 g/mol. The van der Waals surface area contributed by atoms with Gasteiger partial charge < -0.3 is 29.9 Å². The average Bonchev–Trinajstić information content (AvgIpc) is 2.46. The zero-order chi connectivity index (χ0) is 18.9. The molecule has 9 heteroatoms. The minimum absolute atomic E-state index is 0.000250. The SMILES string of the molecule is O=C(O)CC1(O)CC(=O)OC(O)(O)CCCCCCCCCOC1=O. The minimum Gasteiger partial charge on any atom is -0.481 e. The molecular formula is C16H26O9. The number of carboxylic acid groups (broad SMARTS) is 1. The van der Waals surface area contributed by atoms with Crippen molar-refractivity contribution in [2.45, 2.75) is 75.8 Å². The lowest BCUT2D eigenvalue weighted by Crippen LogP contribution is -2.46. The topological polar surface area (TPSA) is 151 Å². The summed E-state index contributed by atoms with van der Waals surface area (Å²) in [4.78, 5) is 34.7. The van der Waals surface area contributed by atoms with Crippen LogP contribution in [-0.4, -0.2) is 56.5 Å². The van der Waals surface area contributed by atoms with Gasteiger partial charge in [0, 0.05) is 6.42 Å². The highest BCUT2D eigenvalue weighted by Crippen LogP contribution is 2.23. The van der Waals surface area contributed by atoms with Gasteiger partial charge in [-0.3, -0.25) is 9.59 Å². The van der Waals surface area contributed by atoms with Crippen LogP contribution in [-0.2, 0) is 23.9 Å². The fourth-order valence-corrected chi connectivity index (χ4v) is 2.61. The lowest BCUT2D eigenvalue weighted by Gasteiger charge is -2.26. The summed E-state index contributed by atoms with van der Waals surface area (Å²) in [6.45, 7) is -0.000250. The Morgan fingerprint density at radius 3 is 2.12 bits per heavy atom. The number of ether oxygens (including phenoxy) is 2. The van der Waals surface area contributed by atoms with Crippen LogP contribution in [0.1, 0.15) is 64.2 Å². The second-order valence-corrected chi connectivity index (χ2v) is 6.36. The molecule has 1 heterocycles. The number of rotatable bonds is 2. The highest BCUT2D eigenvalue weighted by atomic mass is 16.8. The van der Waals surface area contributed by atoms with E-state index in [1.165, 1.54) is 0 Å². The first-order chi connectivity index (χ1) is 11.6. The molecule has 144 valence electrons. The van der Waals surface area contributed by atoms with Gasteiger partial charge in [0.05, 0.1) is 19.4 Å². The van der Waals surface area contributed by atoms with Crippen molar-refractivity contribution in [1.82, 2.24) is 0 Å². The molecule has 0 aromatic rings. The summed E-state index contributed by atoms with van der Waals surface area (Å²) in [6.07, 6.45) is 2.91. The molecule has 1 atom stereocenters. The summed E-state index contributed by atoms with van der Waals surface area (Å²) in [5.41, 5.74) is -2.63. The Kier molecular flexibility index (Phi) is 8.27. The normalized spacial score (nSPS) is 27.2. The van der Waals surface area contributed by atoms with Crippen LogP contribution >= 0.6 is 0 Å². The van der Waals surface area contributed by atoms with Gasteiger partial charge in [-0.1, -0.05) is 32.1 Å². The Labute approximate surface area is 145 Å². The van der Waals surface area contributed by atoms with E-state index in [0.717, 1.165) is 32.1 Å². The molecule has 1 unspecified atom stereocenters. The van der Waals surface area contributed by atoms with E-state index in [1.54, 1.807) is 0 Å². The highest BCUT2D eigenvalue weighted by molar-refractivity contribution is 5.89. The Morgan fingerprint density at radius 1 is 0.960 bits per heavy atom. The molecule has 0 aromatic carbocycles. The third-order valence-electron chi connectivity index (χ3n) is 3.92. The van der Waals surface area contributed by atoms with Crippen LogP contribution in [0.25, 0.3) is 0 Å². The van der Waals surface area contributed by atoms with Gasteiger partial charge in [0.1, 0.15) is 0 Å². The van der Waals surface area contributed by atoms with Gasteiger partial charge in [0.15, 0.2) is 5.60 Å². The number of carbonyl (C=O) groups excluding carboxylic acids is 2. The lowest BCUT2D eigenvalue weighted by molar-refractivity contribution is -0.323. The van der Waals surface area contributed by atoms with Crippen LogP contribution in [0.2, 0.25) is 0 Å². The Bertz CT molecular complexity index is 474. The predicted molar refractivity (Wildman–Crippen MR) is 83.0 cm³/mol. The molecule has 1 fully saturated rings. The fraction of sp³-hybridized carbons (Fsp3) is 0.812. The van der Waals surface area contributed by atoms with E-state index < -0.39 is 42.3 Å². The second-order valence-electron chi connectivity index (χ2n) is 6.36. The van der Waals surface area contributed by atoms with Crippen molar-refractivity contribution < 1.29 is 44.3 Å². The zero-order valence-corrected chi connectivity index (χ0v) is 14.1. The molecule has 1 aliphatic heterocycles. The van der Waals surface area contributed by atoms with Crippen molar-refractivity contribution in [2.75, 3.05) is 6.61 Å². The maximum atomic E-state index is 12.0. The van der Waals surface area contributed by atoms with Gasteiger partial charge in [-0.15, -0.1) is 0 Å². The minimum atomic E-state index is -2.73. The maximum Gasteiger partial charge on any atom is 0.339 e. The number of esters is 2. The van der Waals surface area contributed by atoms with Gasteiger partial charge >= 0.3 is 23.9 Å². The quantitative estimate of drug-likeness (QED) is 0.405. The number of hydrogen-bond donors (Lipinski definition) is 4. The number of aliphatic hydroxyl groups is 3. The second kappa shape index (κ2) is 9.69. The third kappa shape index (κ3) is 8.28. The van der Waals surface area contributed by atoms with Crippen LogP contribution < -0.4 is 0 Å².